The third-order valence-corrected chi connectivity index (χ3v) is 3.80. The Morgan fingerprint density at radius 1 is 1.15 bits per heavy atom. The number of para-hydroxylation sites is 1. The van der Waals surface area contributed by atoms with E-state index in [0.29, 0.717) is 17.5 Å². The van der Waals surface area contributed by atoms with E-state index in [-0.39, 0.29) is 0 Å². The predicted molar refractivity (Wildman–Crippen MR) is 114 cm³/mol. The topological polar surface area (TPSA) is 80.5 Å². The van der Waals surface area contributed by atoms with Crippen molar-refractivity contribution in [2.45, 2.75) is 20.3 Å². The van der Waals surface area contributed by atoms with Gasteiger partial charge in [0.25, 0.3) is 0 Å². The molecule has 2 heterocycles. The SMILES string of the molecule is C=C/C=c1/c(N)cc(Cc2cccc3cccnc23)n[nH]cnc1=C.CC. The third kappa shape index (κ3) is 5.01. The van der Waals surface area contributed by atoms with Crippen LogP contribution in [0, 0.1) is 0 Å². The molecule has 0 saturated carbocycles. The van der Waals surface area contributed by atoms with Crippen molar-refractivity contribution in [1.29, 1.82) is 0 Å². The highest BCUT2D eigenvalue weighted by Crippen LogP contribution is 2.18. The molecule has 3 aromatic rings. The van der Waals surface area contributed by atoms with Gasteiger partial charge < -0.3 is 5.73 Å². The van der Waals surface area contributed by atoms with Crippen molar-refractivity contribution in [2.75, 3.05) is 5.73 Å². The van der Waals surface area contributed by atoms with Gasteiger partial charge in [0.2, 0.25) is 0 Å². The molecule has 0 atom stereocenters. The molecule has 0 aliphatic carbocycles. The molecule has 2 aromatic heterocycles. The highest BCUT2D eigenvalue weighted by molar-refractivity contribution is 5.81. The van der Waals surface area contributed by atoms with Crippen LogP contribution in [0.15, 0.2) is 61.6 Å². The second-order valence-electron chi connectivity index (χ2n) is 5.52. The molecule has 5 heteroatoms. The van der Waals surface area contributed by atoms with Gasteiger partial charge in [-0.2, -0.15) is 5.10 Å². The number of fused-ring (bicyclic) bond motifs is 1. The number of hydrogen-bond acceptors (Lipinski definition) is 4. The molecule has 1 aromatic carbocycles. The largest absolute Gasteiger partial charge is 0.398 e. The summed E-state index contributed by atoms with van der Waals surface area (Å²) in [5, 5.41) is 9.54. The molecule has 0 saturated heterocycles. The van der Waals surface area contributed by atoms with Crippen LogP contribution in [0.3, 0.4) is 0 Å². The van der Waals surface area contributed by atoms with Crippen LogP contribution in [0.5, 0.6) is 0 Å². The minimum Gasteiger partial charge on any atom is -0.398 e. The van der Waals surface area contributed by atoms with Gasteiger partial charge in [-0.25, -0.2) is 4.98 Å². The highest BCUT2D eigenvalue weighted by Gasteiger charge is 2.04. The van der Waals surface area contributed by atoms with E-state index in [9.17, 15) is 0 Å². The van der Waals surface area contributed by atoms with E-state index in [0.717, 1.165) is 27.4 Å². The fourth-order valence-electron chi connectivity index (χ4n) is 2.65. The van der Waals surface area contributed by atoms with Gasteiger partial charge in [0, 0.05) is 28.9 Å². The maximum atomic E-state index is 6.24. The Morgan fingerprint density at radius 3 is 2.70 bits per heavy atom. The lowest BCUT2D eigenvalue weighted by Gasteiger charge is -2.04. The third-order valence-electron chi connectivity index (χ3n) is 3.80. The van der Waals surface area contributed by atoms with Crippen molar-refractivity contribution in [3.63, 3.8) is 0 Å². The van der Waals surface area contributed by atoms with Crippen molar-refractivity contribution in [3.8, 4) is 0 Å². The predicted octanol–water partition coefficient (Wildman–Crippen LogP) is 3.05. The van der Waals surface area contributed by atoms with Gasteiger partial charge in [0.1, 0.15) is 6.33 Å². The van der Waals surface area contributed by atoms with Gasteiger partial charge in [-0.15, -0.1) is 0 Å². The molecule has 0 amide bonds. The Kier molecular flexibility index (Phi) is 7.26. The van der Waals surface area contributed by atoms with E-state index in [1.165, 1.54) is 6.33 Å². The highest BCUT2D eigenvalue weighted by atomic mass is 15.1. The molecule has 3 rings (SSSR count). The van der Waals surface area contributed by atoms with Crippen LogP contribution >= 0.6 is 0 Å². The van der Waals surface area contributed by atoms with Crippen LogP contribution < -0.4 is 16.3 Å². The number of pyridine rings is 1. The van der Waals surface area contributed by atoms with Crippen molar-refractivity contribution >= 4 is 29.2 Å². The minimum absolute atomic E-state index is 0.540. The number of aromatic nitrogens is 4. The summed E-state index contributed by atoms with van der Waals surface area (Å²) in [7, 11) is 0. The molecule has 3 N–H and O–H groups in total. The summed E-state index contributed by atoms with van der Waals surface area (Å²) in [6, 6.07) is 11.9. The number of aromatic amines is 1. The number of hydrogen-bond donors (Lipinski definition) is 2. The second kappa shape index (κ2) is 9.87. The lowest BCUT2D eigenvalue weighted by Crippen LogP contribution is -2.27. The zero-order valence-electron chi connectivity index (χ0n) is 15.8. The smallest absolute Gasteiger partial charge is 0.109 e. The van der Waals surface area contributed by atoms with Gasteiger partial charge in [0.05, 0.1) is 16.6 Å². The summed E-state index contributed by atoms with van der Waals surface area (Å²) < 4.78 is 0. The summed E-state index contributed by atoms with van der Waals surface area (Å²) >= 11 is 0. The van der Waals surface area contributed by atoms with Gasteiger partial charge in [0.15, 0.2) is 0 Å². The number of H-pyrrole nitrogens is 1. The Morgan fingerprint density at radius 2 is 1.93 bits per heavy atom. The van der Waals surface area contributed by atoms with Crippen LogP contribution in [0.4, 0.5) is 5.69 Å². The molecule has 0 bridgehead atoms. The molecular weight excluding hydrogens is 334 g/mol. The van der Waals surface area contributed by atoms with E-state index >= 15 is 0 Å². The fraction of sp³-hybridized carbons (Fsp3) is 0.136. The van der Waals surface area contributed by atoms with Gasteiger partial charge >= 0.3 is 0 Å². The van der Waals surface area contributed by atoms with Crippen molar-refractivity contribution in [2.24, 2.45) is 0 Å². The lowest BCUT2D eigenvalue weighted by atomic mass is 10.0. The van der Waals surface area contributed by atoms with Crippen molar-refractivity contribution in [1.82, 2.24) is 20.2 Å². The first-order chi connectivity index (χ1) is 13.2. The monoisotopic (exact) mass is 359 g/mol. The van der Waals surface area contributed by atoms with Crippen molar-refractivity contribution < 1.29 is 0 Å². The maximum Gasteiger partial charge on any atom is 0.109 e. The zero-order valence-corrected chi connectivity index (χ0v) is 15.8. The Hall–Kier alpha value is -3.47. The molecule has 0 radical (unpaired) electrons. The summed E-state index contributed by atoms with van der Waals surface area (Å²) in [5.74, 6) is 0. The number of rotatable bonds is 3. The number of anilines is 1. The molecule has 0 aliphatic heterocycles. The normalized spacial score (nSPS) is 10.7. The van der Waals surface area contributed by atoms with Gasteiger partial charge in [-0.05, 0) is 17.7 Å². The summed E-state index contributed by atoms with van der Waals surface area (Å²) in [6.07, 6.45) is 7.32. The minimum atomic E-state index is 0.540. The number of nitrogen functional groups attached to an aromatic ring is 1. The number of benzene rings is 1. The number of nitrogens with one attached hydrogen (secondary N) is 1. The maximum absolute atomic E-state index is 6.24. The quantitative estimate of drug-likeness (QED) is 0.753. The second-order valence-corrected chi connectivity index (χ2v) is 5.52. The zero-order chi connectivity index (χ0) is 19.6. The molecule has 0 spiro atoms. The summed E-state index contributed by atoms with van der Waals surface area (Å²) in [4.78, 5) is 8.69. The molecule has 138 valence electrons. The molecule has 5 nitrogen and oxygen atoms in total. The van der Waals surface area contributed by atoms with Crippen LogP contribution in [-0.4, -0.2) is 20.2 Å². The standard InChI is InChI=1S/C20H19N5.C2H6/c1-3-6-18-14(2)23-13-24-25-17(12-19(18)21)11-16-8-4-7-15-9-5-10-22-20(15)16;1-2/h3-10,12-13H,1-2,11,21H2,(H,23,24);1-2H3/b18-6+,19-12?,25-17?;. The fourth-order valence-corrected chi connectivity index (χ4v) is 2.65. The van der Waals surface area contributed by atoms with Crippen LogP contribution in [0.1, 0.15) is 25.1 Å². The van der Waals surface area contributed by atoms with Gasteiger partial charge in [-0.1, -0.05) is 63.4 Å². The van der Waals surface area contributed by atoms with E-state index in [1.54, 1.807) is 18.3 Å². The number of allylic oxidation sites excluding steroid dienone is 1. The van der Waals surface area contributed by atoms with Crippen molar-refractivity contribution in [3.05, 3.63) is 83.4 Å². The Balaban J connectivity index is 0.00000126. The average molecular weight is 359 g/mol. The van der Waals surface area contributed by atoms with Gasteiger partial charge in [-0.3, -0.25) is 10.1 Å². The summed E-state index contributed by atoms with van der Waals surface area (Å²) in [5.41, 5.74) is 9.58. The van der Waals surface area contributed by atoms with E-state index in [1.807, 2.05) is 50.2 Å². The van der Waals surface area contributed by atoms with E-state index in [2.05, 4.69) is 33.3 Å². The lowest BCUT2D eigenvalue weighted by molar-refractivity contribution is 0.934. The molecule has 27 heavy (non-hydrogen) atoms. The van der Waals surface area contributed by atoms with Crippen LogP contribution in [0.2, 0.25) is 0 Å². The number of nitrogens with two attached hydrogens (primary N) is 1. The van der Waals surface area contributed by atoms with Crippen LogP contribution in [0.25, 0.3) is 23.6 Å². The summed E-state index contributed by atoms with van der Waals surface area (Å²) in [6.45, 7) is 11.6. The van der Waals surface area contributed by atoms with E-state index < -0.39 is 0 Å². The van der Waals surface area contributed by atoms with E-state index in [4.69, 9.17) is 5.73 Å². The first kappa shape index (κ1) is 19.8. The molecular formula is C22H25N5. The number of nitrogens with zero attached hydrogens (tertiary/aromatic N) is 3. The average Bonchev–Trinajstić information content (AvgIpc) is 2.76. The molecule has 0 fully saturated rings. The Labute approximate surface area is 159 Å². The molecule has 0 aliphatic rings. The molecule has 0 unspecified atom stereocenters. The first-order valence-corrected chi connectivity index (χ1v) is 8.86. The first-order valence-electron chi connectivity index (χ1n) is 8.86. The van der Waals surface area contributed by atoms with Crippen LogP contribution in [-0.2, 0) is 6.42 Å². The Bertz CT molecular complexity index is 1080.